The van der Waals surface area contributed by atoms with Gasteiger partial charge in [0.05, 0.1) is 18.5 Å². The molecule has 3 rings (SSSR count). The Kier molecular flexibility index (Phi) is 2.13. The molecule has 0 aliphatic heterocycles. The van der Waals surface area contributed by atoms with Crippen molar-refractivity contribution in [2.45, 2.75) is 19.8 Å². The second-order valence-corrected chi connectivity index (χ2v) is 3.76. The summed E-state index contributed by atoms with van der Waals surface area (Å²) in [5.74, 6) is 1.54. The molecule has 4 nitrogen and oxygen atoms in total. The van der Waals surface area contributed by atoms with E-state index < -0.39 is 0 Å². The molecule has 2 heterocycles. The molecule has 2 aromatic heterocycles. The zero-order valence-electron chi connectivity index (χ0n) is 9.06. The number of hydrogen-bond acceptors (Lipinski definition) is 4. The van der Waals surface area contributed by atoms with Crippen molar-refractivity contribution in [3.63, 3.8) is 0 Å². The number of aromatic nitrogens is 2. The first-order valence-electron chi connectivity index (χ1n) is 5.45. The summed E-state index contributed by atoms with van der Waals surface area (Å²) in [6.07, 6.45) is 3.65. The van der Waals surface area contributed by atoms with Crippen molar-refractivity contribution >= 4 is 0 Å². The third-order valence-corrected chi connectivity index (χ3v) is 2.76. The summed E-state index contributed by atoms with van der Waals surface area (Å²) in [5.41, 5.74) is 3.25. The van der Waals surface area contributed by atoms with Crippen LogP contribution < -0.4 is 4.74 Å². The van der Waals surface area contributed by atoms with Crippen molar-refractivity contribution in [3.05, 3.63) is 29.6 Å². The number of aryl methyl sites for hydroxylation is 2. The number of fused-ring (bicyclic) bond motifs is 3. The molecule has 0 atom stereocenters. The molecule has 0 unspecified atom stereocenters. The fraction of sp³-hybridized carbons (Fsp3) is 0.333. The van der Waals surface area contributed by atoms with Gasteiger partial charge in [0, 0.05) is 17.2 Å². The van der Waals surface area contributed by atoms with Crippen molar-refractivity contribution < 1.29 is 9.26 Å². The molecule has 0 aromatic carbocycles. The summed E-state index contributed by atoms with van der Waals surface area (Å²) in [6.45, 7) is 2.59. The van der Waals surface area contributed by atoms with Crippen molar-refractivity contribution in [2.75, 3.05) is 6.61 Å². The summed E-state index contributed by atoms with van der Waals surface area (Å²) in [5, 5.41) is 3.83. The molecule has 0 N–H and O–H groups in total. The van der Waals surface area contributed by atoms with Crippen molar-refractivity contribution in [1.82, 2.24) is 10.1 Å². The minimum absolute atomic E-state index is 0.638. The second kappa shape index (κ2) is 3.63. The predicted molar refractivity (Wildman–Crippen MR) is 58.3 cm³/mol. The second-order valence-electron chi connectivity index (χ2n) is 3.76. The molecule has 2 aromatic rings. The molecule has 16 heavy (non-hydrogen) atoms. The normalized spacial score (nSPS) is 13.1. The van der Waals surface area contributed by atoms with Crippen LogP contribution in [-0.4, -0.2) is 16.7 Å². The molecule has 82 valence electrons. The van der Waals surface area contributed by atoms with Gasteiger partial charge in [-0.2, -0.15) is 0 Å². The van der Waals surface area contributed by atoms with E-state index in [1.165, 1.54) is 5.56 Å². The molecular formula is C12H12N2O2. The standard InChI is InChI=1S/C12H12N2O2/c1-2-15-11-6-4-9-10(14-11)5-3-8-7-13-16-12(8)9/h4,6-7H,2-3,5H2,1H3. The molecule has 1 aliphatic carbocycles. The zero-order valence-corrected chi connectivity index (χ0v) is 9.06. The first kappa shape index (κ1) is 9.39. The Bertz CT molecular complexity index is 519. The lowest BCUT2D eigenvalue weighted by Crippen LogP contribution is -2.05. The molecule has 0 saturated heterocycles. The van der Waals surface area contributed by atoms with E-state index in [9.17, 15) is 0 Å². The first-order valence-corrected chi connectivity index (χ1v) is 5.45. The average Bonchev–Trinajstić information content (AvgIpc) is 2.77. The minimum atomic E-state index is 0.638. The number of hydrogen-bond donors (Lipinski definition) is 0. The summed E-state index contributed by atoms with van der Waals surface area (Å²) in [7, 11) is 0. The third kappa shape index (κ3) is 1.38. The topological polar surface area (TPSA) is 48.2 Å². The minimum Gasteiger partial charge on any atom is -0.478 e. The highest BCUT2D eigenvalue weighted by atomic mass is 16.5. The average molecular weight is 216 g/mol. The van der Waals surface area contributed by atoms with Crippen LogP contribution in [0.1, 0.15) is 18.2 Å². The van der Waals surface area contributed by atoms with Gasteiger partial charge >= 0.3 is 0 Å². The van der Waals surface area contributed by atoms with Crippen LogP contribution in [0.4, 0.5) is 0 Å². The Morgan fingerprint density at radius 2 is 2.31 bits per heavy atom. The Morgan fingerprint density at radius 1 is 1.38 bits per heavy atom. The Labute approximate surface area is 93.2 Å². The van der Waals surface area contributed by atoms with Gasteiger partial charge in [0.2, 0.25) is 5.88 Å². The van der Waals surface area contributed by atoms with Crippen LogP contribution in [0.15, 0.2) is 22.9 Å². The summed E-state index contributed by atoms with van der Waals surface area (Å²) < 4.78 is 10.6. The van der Waals surface area contributed by atoms with Gasteiger partial charge in [-0.1, -0.05) is 5.16 Å². The maximum absolute atomic E-state index is 5.38. The van der Waals surface area contributed by atoms with Gasteiger partial charge in [-0.05, 0) is 25.8 Å². The van der Waals surface area contributed by atoms with Crippen LogP contribution >= 0.6 is 0 Å². The summed E-state index contributed by atoms with van der Waals surface area (Å²) in [6, 6.07) is 3.87. The molecule has 0 spiro atoms. The monoisotopic (exact) mass is 216 g/mol. The van der Waals surface area contributed by atoms with E-state index in [4.69, 9.17) is 9.26 Å². The van der Waals surface area contributed by atoms with Gasteiger partial charge in [0.25, 0.3) is 0 Å². The van der Waals surface area contributed by atoms with Crippen LogP contribution in [0.3, 0.4) is 0 Å². The number of nitrogens with zero attached hydrogens (tertiary/aromatic N) is 2. The fourth-order valence-electron chi connectivity index (χ4n) is 2.02. The highest BCUT2D eigenvalue weighted by Crippen LogP contribution is 2.33. The van der Waals surface area contributed by atoms with Crippen LogP contribution in [0.25, 0.3) is 11.3 Å². The van der Waals surface area contributed by atoms with Gasteiger partial charge in [-0.3, -0.25) is 0 Å². The van der Waals surface area contributed by atoms with E-state index in [2.05, 4.69) is 10.1 Å². The molecule has 0 fully saturated rings. The van der Waals surface area contributed by atoms with Gasteiger partial charge in [0.15, 0.2) is 5.76 Å². The van der Waals surface area contributed by atoms with Crippen molar-refractivity contribution in [1.29, 1.82) is 0 Å². The number of rotatable bonds is 2. The quantitative estimate of drug-likeness (QED) is 0.772. The maximum atomic E-state index is 5.38. The fourth-order valence-corrected chi connectivity index (χ4v) is 2.02. The molecule has 0 saturated carbocycles. The molecule has 4 heteroatoms. The lowest BCUT2D eigenvalue weighted by Gasteiger charge is -2.13. The van der Waals surface area contributed by atoms with E-state index in [1.807, 2.05) is 19.1 Å². The highest BCUT2D eigenvalue weighted by Gasteiger charge is 2.21. The van der Waals surface area contributed by atoms with E-state index >= 15 is 0 Å². The van der Waals surface area contributed by atoms with Crippen LogP contribution in [-0.2, 0) is 12.8 Å². The van der Waals surface area contributed by atoms with Gasteiger partial charge in [0.1, 0.15) is 0 Å². The Hall–Kier alpha value is -1.84. The van der Waals surface area contributed by atoms with Crippen LogP contribution in [0.2, 0.25) is 0 Å². The molecule has 0 amide bonds. The number of pyridine rings is 1. The van der Waals surface area contributed by atoms with Gasteiger partial charge in [-0.15, -0.1) is 0 Å². The molecule has 1 aliphatic rings. The Balaban J connectivity index is 2.07. The maximum Gasteiger partial charge on any atom is 0.213 e. The molecule has 0 radical (unpaired) electrons. The van der Waals surface area contributed by atoms with E-state index in [1.54, 1.807) is 6.20 Å². The SMILES string of the molecule is CCOc1ccc2c(n1)CCc1cnoc1-2. The summed E-state index contributed by atoms with van der Waals surface area (Å²) in [4.78, 5) is 4.47. The summed E-state index contributed by atoms with van der Waals surface area (Å²) >= 11 is 0. The zero-order chi connectivity index (χ0) is 11.0. The van der Waals surface area contributed by atoms with Crippen LogP contribution in [0.5, 0.6) is 5.88 Å². The van der Waals surface area contributed by atoms with Crippen molar-refractivity contribution in [3.8, 4) is 17.2 Å². The lowest BCUT2D eigenvalue weighted by atomic mass is 9.95. The van der Waals surface area contributed by atoms with Gasteiger partial charge in [-0.25, -0.2) is 4.98 Å². The first-order chi connectivity index (χ1) is 7.88. The van der Waals surface area contributed by atoms with Crippen molar-refractivity contribution in [2.24, 2.45) is 0 Å². The van der Waals surface area contributed by atoms with Crippen LogP contribution in [0, 0.1) is 0 Å². The predicted octanol–water partition coefficient (Wildman–Crippen LogP) is 2.23. The van der Waals surface area contributed by atoms with E-state index in [0.29, 0.717) is 12.5 Å². The highest BCUT2D eigenvalue weighted by molar-refractivity contribution is 5.66. The Morgan fingerprint density at radius 3 is 3.19 bits per heavy atom. The molecule has 0 bridgehead atoms. The lowest BCUT2D eigenvalue weighted by molar-refractivity contribution is 0.325. The number of ether oxygens (including phenoxy) is 1. The molecular weight excluding hydrogens is 204 g/mol. The smallest absolute Gasteiger partial charge is 0.213 e. The van der Waals surface area contributed by atoms with Gasteiger partial charge < -0.3 is 9.26 Å². The largest absolute Gasteiger partial charge is 0.478 e. The van der Waals surface area contributed by atoms with E-state index in [0.717, 1.165) is 29.9 Å². The van der Waals surface area contributed by atoms with E-state index in [-0.39, 0.29) is 0 Å². The third-order valence-electron chi connectivity index (χ3n) is 2.76.